The van der Waals surface area contributed by atoms with Gasteiger partial charge in [-0.15, -0.1) is 0 Å². The molecule has 2 rings (SSSR count). The standard InChI is InChI=1S/C17H27NO/c1-5-13-6-7-15(18)14(10-13)17-12(3)8-11(2)9-16(17)19-4/h8-9,13-15H,5-7,10,18H2,1-4H3. The average molecular weight is 261 g/mol. The molecule has 0 radical (unpaired) electrons. The molecular weight excluding hydrogens is 234 g/mol. The van der Waals surface area contributed by atoms with Crippen molar-refractivity contribution in [1.29, 1.82) is 0 Å². The van der Waals surface area contributed by atoms with Crippen molar-refractivity contribution in [3.8, 4) is 5.75 Å². The smallest absolute Gasteiger partial charge is 0.122 e. The maximum absolute atomic E-state index is 6.40. The second kappa shape index (κ2) is 5.96. The fraction of sp³-hybridized carbons (Fsp3) is 0.647. The maximum atomic E-state index is 6.40. The van der Waals surface area contributed by atoms with Gasteiger partial charge in [0.15, 0.2) is 0 Å². The summed E-state index contributed by atoms with van der Waals surface area (Å²) < 4.78 is 5.62. The zero-order chi connectivity index (χ0) is 14.0. The molecule has 1 fully saturated rings. The highest BCUT2D eigenvalue weighted by Crippen LogP contribution is 2.42. The molecule has 1 aromatic rings. The lowest BCUT2D eigenvalue weighted by Crippen LogP contribution is -2.35. The third-order valence-corrected chi connectivity index (χ3v) is 4.67. The van der Waals surface area contributed by atoms with Gasteiger partial charge < -0.3 is 10.5 Å². The Kier molecular flexibility index (Phi) is 4.51. The van der Waals surface area contributed by atoms with Crippen LogP contribution in [0.5, 0.6) is 5.75 Å². The van der Waals surface area contributed by atoms with E-state index in [-0.39, 0.29) is 6.04 Å². The van der Waals surface area contributed by atoms with Crippen molar-refractivity contribution in [2.75, 3.05) is 7.11 Å². The summed E-state index contributed by atoms with van der Waals surface area (Å²) in [5, 5.41) is 0. The minimum absolute atomic E-state index is 0.276. The van der Waals surface area contributed by atoms with E-state index in [0.717, 1.165) is 18.1 Å². The molecule has 0 aliphatic heterocycles. The van der Waals surface area contributed by atoms with Gasteiger partial charge in [0, 0.05) is 17.5 Å². The number of hydrogen-bond acceptors (Lipinski definition) is 2. The molecule has 2 heteroatoms. The van der Waals surface area contributed by atoms with E-state index in [1.54, 1.807) is 7.11 Å². The van der Waals surface area contributed by atoms with Crippen LogP contribution in [0.25, 0.3) is 0 Å². The Labute approximate surface area is 117 Å². The van der Waals surface area contributed by atoms with Crippen LogP contribution in [0.4, 0.5) is 0 Å². The van der Waals surface area contributed by atoms with Crippen LogP contribution in [0.2, 0.25) is 0 Å². The molecule has 3 unspecified atom stereocenters. The molecule has 0 spiro atoms. The van der Waals surface area contributed by atoms with E-state index in [0.29, 0.717) is 5.92 Å². The number of aryl methyl sites for hydroxylation is 2. The first-order valence-electron chi connectivity index (χ1n) is 7.47. The Balaban J connectivity index is 2.38. The Morgan fingerprint density at radius 2 is 2.00 bits per heavy atom. The fourth-order valence-corrected chi connectivity index (χ4v) is 3.57. The fourth-order valence-electron chi connectivity index (χ4n) is 3.57. The molecule has 0 amide bonds. The summed E-state index contributed by atoms with van der Waals surface area (Å²) in [6.45, 7) is 6.60. The van der Waals surface area contributed by atoms with Crippen LogP contribution in [0, 0.1) is 19.8 Å². The molecule has 0 aromatic heterocycles. The highest BCUT2D eigenvalue weighted by atomic mass is 16.5. The topological polar surface area (TPSA) is 35.2 Å². The molecule has 1 saturated carbocycles. The first kappa shape index (κ1) is 14.4. The lowest BCUT2D eigenvalue weighted by Gasteiger charge is -2.35. The molecule has 1 aliphatic carbocycles. The van der Waals surface area contributed by atoms with Gasteiger partial charge in [-0.2, -0.15) is 0 Å². The number of benzene rings is 1. The number of rotatable bonds is 3. The van der Waals surface area contributed by atoms with Crippen LogP contribution in [0.1, 0.15) is 55.2 Å². The van der Waals surface area contributed by atoms with Crippen LogP contribution in [0.3, 0.4) is 0 Å². The van der Waals surface area contributed by atoms with Gasteiger partial charge in [0.25, 0.3) is 0 Å². The molecule has 2 nitrogen and oxygen atoms in total. The van der Waals surface area contributed by atoms with Crippen LogP contribution >= 0.6 is 0 Å². The summed E-state index contributed by atoms with van der Waals surface area (Å²) in [5.41, 5.74) is 10.3. The summed E-state index contributed by atoms with van der Waals surface area (Å²) in [4.78, 5) is 0. The van der Waals surface area contributed by atoms with Crippen molar-refractivity contribution in [1.82, 2.24) is 0 Å². The van der Waals surface area contributed by atoms with E-state index in [1.165, 1.54) is 36.0 Å². The van der Waals surface area contributed by atoms with Crippen LogP contribution < -0.4 is 10.5 Å². The van der Waals surface area contributed by atoms with Crippen LogP contribution in [-0.2, 0) is 0 Å². The van der Waals surface area contributed by atoms with E-state index < -0.39 is 0 Å². The molecule has 0 bridgehead atoms. The Hall–Kier alpha value is -1.02. The molecule has 3 atom stereocenters. The van der Waals surface area contributed by atoms with Crippen molar-refractivity contribution >= 4 is 0 Å². The van der Waals surface area contributed by atoms with E-state index in [1.807, 2.05) is 0 Å². The summed E-state index contributed by atoms with van der Waals surface area (Å²) in [5.74, 6) is 2.29. The average Bonchev–Trinajstić information content (AvgIpc) is 2.39. The zero-order valence-corrected chi connectivity index (χ0v) is 12.7. The Morgan fingerprint density at radius 1 is 1.26 bits per heavy atom. The normalized spacial score (nSPS) is 27.3. The summed E-state index contributed by atoms with van der Waals surface area (Å²) in [6.07, 6.45) is 4.88. The number of methoxy groups -OCH3 is 1. The zero-order valence-electron chi connectivity index (χ0n) is 12.7. The minimum atomic E-state index is 0.276. The minimum Gasteiger partial charge on any atom is -0.496 e. The number of nitrogens with two attached hydrogens (primary N) is 1. The van der Waals surface area contributed by atoms with Crippen molar-refractivity contribution in [3.63, 3.8) is 0 Å². The van der Waals surface area contributed by atoms with Gasteiger partial charge in [0.1, 0.15) is 5.75 Å². The quantitative estimate of drug-likeness (QED) is 0.894. The Morgan fingerprint density at radius 3 is 2.63 bits per heavy atom. The van der Waals surface area contributed by atoms with Gasteiger partial charge in [0.05, 0.1) is 7.11 Å². The Bertz CT molecular complexity index is 441. The summed E-state index contributed by atoms with van der Waals surface area (Å²) in [7, 11) is 1.77. The lowest BCUT2D eigenvalue weighted by atomic mass is 9.73. The first-order chi connectivity index (χ1) is 9.06. The van der Waals surface area contributed by atoms with Gasteiger partial charge >= 0.3 is 0 Å². The predicted octanol–water partition coefficient (Wildman–Crippen LogP) is 3.93. The lowest BCUT2D eigenvalue weighted by molar-refractivity contribution is 0.276. The SMILES string of the molecule is CCC1CCC(N)C(c2c(C)cc(C)cc2OC)C1. The van der Waals surface area contributed by atoms with Crippen molar-refractivity contribution in [2.24, 2.45) is 11.7 Å². The number of ether oxygens (including phenoxy) is 1. The molecular formula is C17H27NO. The molecule has 0 saturated heterocycles. The van der Waals surface area contributed by atoms with E-state index in [2.05, 4.69) is 32.9 Å². The largest absolute Gasteiger partial charge is 0.496 e. The third kappa shape index (κ3) is 2.94. The second-order valence-corrected chi connectivity index (χ2v) is 6.06. The molecule has 1 aliphatic rings. The van der Waals surface area contributed by atoms with Crippen LogP contribution in [0.15, 0.2) is 12.1 Å². The van der Waals surface area contributed by atoms with Crippen LogP contribution in [-0.4, -0.2) is 13.2 Å². The van der Waals surface area contributed by atoms with Crippen molar-refractivity contribution in [2.45, 2.75) is 58.4 Å². The van der Waals surface area contributed by atoms with E-state index in [4.69, 9.17) is 10.5 Å². The van der Waals surface area contributed by atoms with Gasteiger partial charge in [-0.1, -0.05) is 19.4 Å². The van der Waals surface area contributed by atoms with Crippen molar-refractivity contribution < 1.29 is 4.74 Å². The van der Waals surface area contributed by atoms with Gasteiger partial charge in [-0.05, 0) is 56.2 Å². The summed E-state index contributed by atoms with van der Waals surface area (Å²) >= 11 is 0. The third-order valence-electron chi connectivity index (χ3n) is 4.67. The number of hydrogen-bond donors (Lipinski definition) is 1. The van der Waals surface area contributed by atoms with E-state index >= 15 is 0 Å². The molecule has 1 aromatic carbocycles. The highest BCUT2D eigenvalue weighted by Gasteiger charge is 2.31. The highest BCUT2D eigenvalue weighted by molar-refractivity contribution is 5.46. The second-order valence-electron chi connectivity index (χ2n) is 6.06. The predicted molar refractivity (Wildman–Crippen MR) is 80.8 cm³/mol. The van der Waals surface area contributed by atoms with Gasteiger partial charge in [-0.3, -0.25) is 0 Å². The van der Waals surface area contributed by atoms with Crippen molar-refractivity contribution in [3.05, 3.63) is 28.8 Å². The van der Waals surface area contributed by atoms with E-state index in [9.17, 15) is 0 Å². The monoisotopic (exact) mass is 261 g/mol. The van der Waals surface area contributed by atoms with Gasteiger partial charge in [-0.25, -0.2) is 0 Å². The molecule has 0 heterocycles. The molecule has 19 heavy (non-hydrogen) atoms. The summed E-state index contributed by atoms with van der Waals surface area (Å²) in [6, 6.07) is 4.67. The molecule has 2 N–H and O–H groups in total. The molecule has 106 valence electrons. The van der Waals surface area contributed by atoms with Gasteiger partial charge in [0.2, 0.25) is 0 Å². The maximum Gasteiger partial charge on any atom is 0.122 e. The first-order valence-corrected chi connectivity index (χ1v) is 7.47.